The van der Waals surface area contributed by atoms with Crippen molar-refractivity contribution in [1.82, 2.24) is 10.4 Å². The number of hydrazine groups is 1. The zero-order chi connectivity index (χ0) is 14.0. The number of nitrogens with zero attached hydrogens (tertiary/aromatic N) is 1. The topological polar surface area (TPSA) is 50.9 Å². The highest BCUT2D eigenvalue weighted by molar-refractivity contribution is 5.37. The van der Waals surface area contributed by atoms with E-state index in [9.17, 15) is 4.39 Å². The molecule has 0 saturated carbocycles. The molecule has 3 N–H and O–H groups in total. The van der Waals surface area contributed by atoms with Crippen molar-refractivity contribution in [2.75, 3.05) is 0 Å². The van der Waals surface area contributed by atoms with E-state index in [1.165, 1.54) is 6.07 Å². The van der Waals surface area contributed by atoms with Gasteiger partial charge in [-0.25, -0.2) is 9.82 Å². The number of hydrogen-bond acceptors (Lipinski definition) is 3. The molecule has 0 bridgehead atoms. The summed E-state index contributed by atoms with van der Waals surface area (Å²) in [4.78, 5) is 4.40. The molecule has 1 aromatic heterocycles. The summed E-state index contributed by atoms with van der Waals surface area (Å²) in [7, 11) is 0. The van der Waals surface area contributed by atoms with E-state index in [0.717, 1.165) is 22.5 Å². The average Bonchev–Trinajstić information content (AvgIpc) is 2.36. The van der Waals surface area contributed by atoms with Crippen LogP contribution in [0.5, 0.6) is 0 Å². The lowest BCUT2D eigenvalue weighted by Crippen LogP contribution is -2.30. The van der Waals surface area contributed by atoms with Gasteiger partial charge in [-0.2, -0.15) is 0 Å². The first kappa shape index (κ1) is 13.6. The number of benzene rings is 1. The first-order valence-corrected chi connectivity index (χ1v) is 6.19. The monoisotopic (exact) mass is 259 g/mol. The van der Waals surface area contributed by atoms with Crippen LogP contribution in [-0.2, 0) is 0 Å². The molecule has 0 aliphatic rings. The molecule has 0 aliphatic carbocycles. The Bertz CT molecular complexity index is 596. The second kappa shape index (κ2) is 5.47. The molecule has 0 radical (unpaired) electrons. The fourth-order valence-corrected chi connectivity index (χ4v) is 2.23. The second-order valence-corrected chi connectivity index (χ2v) is 4.75. The number of nitrogens with one attached hydrogen (secondary N) is 1. The van der Waals surface area contributed by atoms with E-state index in [0.29, 0.717) is 5.56 Å². The van der Waals surface area contributed by atoms with Crippen LogP contribution in [0, 0.1) is 26.6 Å². The Labute approximate surface area is 112 Å². The molecule has 100 valence electrons. The lowest BCUT2D eigenvalue weighted by atomic mass is 9.96. The third-order valence-corrected chi connectivity index (χ3v) is 3.21. The van der Waals surface area contributed by atoms with Crippen LogP contribution in [0.4, 0.5) is 4.39 Å². The number of nitrogens with two attached hydrogens (primary N) is 1. The molecule has 0 amide bonds. The minimum absolute atomic E-state index is 0.270. The van der Waals surface area contributed by atoms with Gasteiger partial charge < -0.3 is 0 Å². The molecule has 4 heteroatoms. The fraction of sp³-hybridized carbons (Fsp3) is 0.267. The van der Waals surface area contributed by atoms with E-state index in [-0.39, 0.29) is 5.82 Å². The van der Waals surface area contributed by atoms with Gasteiger partial charge in [0.2, 0.25) is 0 Å². The summed E-state index contributed by atoms with van der Waals surface area (Å²) in [5.74, 6) is 5.35. The predicted octanol–water partition coefficient (Wildman–Crippen LogP) is 2.70. The Hall–Kier alpha value is -1.78. The molecule has 1 unspecified atom stereocenters. The molecule has 1 heterocycles. The molecular formula is C15H18FN3. The van der Waals surface area contributed by atoms with Crippen molar-refractivity contribution in [3.8, 4) is 0 Å². The van der Waals surface area contributed by atoms with E-state index >= 15 is 0 Å². The number of halogens is 1. The summed E-state index contributed by atoms with van der Waals surface area (Å²) in [6.07, 6.45) is 0. The van der Waals surface area contributed by atoms with E-state index in [4.69, 9.17) is 5.84 Å². The van der Waals surface area contributed by atoms with Gasteiger partial charge in [-0.05, 0) is 38.5 Å². The molecule has 1 atom stereocenters. The van der Waals surface area contributed by atoms with Crippen molar-refractivity contribution in [1.29, 1.82) is 0 Å². The van der Waals surface area contributed by atoms with Gasteiger partial charge >= 0.3 is 0 Å². The molecule has 3 nitrogen and oxygen atoms in total. The first-order valence-electron chi connectivity index (χ1n) is 6.19. The third kappa shape index (κ3) is 2.80. The highest BCUT2D eigenvalue weighted by Crippen LogP contribution is 2.26. The van der Waals surface area contributed by atoms with E-state index in [2.05, 4.69) is 10.4 Å². The summed E-state index contributed by atoms with van der Waals surface area (Å²) in [6, 6.07) is 8.45. The van der Waals surface area contributed by atoms with Gasteiger partial charge in [-0.15, -0.1) is 0 Å². The van der Waals surface area contributed by atoms with Crippen LogP contribution in [0.1, 0.15) is 34.1 Å². The number of aromatic nitrogens is 1. The van der Waals surface area contributed by atoms with Crippen LogP contribution >= 0.6 is 0 Å². The number of pyridine rings is 1. The highest BCUT2D eigenvalue weighted by atomic mass is 19.1. The lowest BCUT2D eigenvalue weighted by Gasteiger charge is -2.20. The number of hydrogen-bond donors (Lipinski definition) is 2. The Morgan fingerprint density at radius 2 is 1.84 bits per heavy atom. The van der Waals surface area contributed by atoms with Crippen molar-refractivity contribution in [3.05, 3.63) is 64.2 Å². The Morgan fingerprint density at radius 3 is 2.47 bits per heavy atom. The summed E-state index contributed by atoms with van der Waals surface area (Å²) in [5, 5.41) is 0. The normalized spacial score (nSPS) is 12.5. The quantitative estimate of drug-likeness (QED) is 0.658. The van der Waals surface area contributed by atoms with Gasteiger partial charge in [-0.1, -0.05) is 23.8 Å². The molecular weight excluding hydrogens is 241 g/mol. The highest BCUT2D eigenvalue weighted by Gasteiger charge is 2.19. The molecule has 2 aromatic rings. The average molecular weight is 259 g/mol. The standard InChI is InChI=1S/C15H18FN3/c1-9-4-7-14(16)13(8-9)15(19-17)12-6-5-10(2)18-11(12)3/h4-8,15,19H,17H2,1-3H3. The van der Waals surface area contributed by atoms with E-state index < -0.39 is 6.04 Å². The maximum atomic E-state index is 14.0. The van der Waals surface area contributed by atoms with Crippen LogP contribution in [-0.4, -0.2) is 4.98 Å². The largest absolute Gasteiger partial charge is 0.271 e. The third-order valence-electron chi connectivity index (χ3n) is 3.21. The lowest BCUT2D eigenvalue weighted by molar-refractivity contribution is 0.557. The van der Waals surface area contributed by atoms with Crippen LogP contribution in [0.2, 0.25) is 0 Å². The molecule has 2 rings (SSSR count). The van der Waals surface area contributed by atoms with Crippen LogP contribution in [0.3, 0.4) is 0 Å². The fourth-order valence-electron chi connectivity index (χ4n) is 2.23. The van der Waals surface area contributed by atoms with Crippen LogP contribution < -0.4 is 11.3 Å². The summed E-state index contributed by atoms with van der Waals surface area (Å²) >= 11 is 0. The maximum Gasteiger partial charge on any atom is 0.128 e. The van der Waals surface area contributed by atoms with Gasteiger partial charge in [0.1, 0.15) is 5.82 Å². The van der Waals surface area contributed by atoms with Crippen LogP contribution in [0.15, 0.2) is 30.3 Å². The van der Waals surface area contributed by atoms with Gasteiger partial charge in [0, 0.05) is 17.0 Å². The van der Waals surface area contributed by atoms with Crippen molar-refractivity contribution in [2.45, 2.75) is 26.8 Å². The Balaban J connectivity index is 2.52. The predicted molar refractivity (Wildman–Crippen MR) is 74.0 cm³/mol. The maximum absolute atomic E-state index is 14.0. The van der Waals surface area contributed by atoms with Gasteiger partial charge in [0.15, 0.2) is 0 Å². The van der Waals surface area contributed by atoms with Crippen molar-refractivity contribution >= 4 is 0 Å². The summed E-state index contributed by atoms with van der Waals surface area (Å²) < 4.78 is 14.0. The molecule has 0 saturated heterocycles. The van der Waals surface area contributed by atoms with E-state index in [1.807, 2.05) is 32.9 Å². The molecule has 1 aromatic carbocycles. The van der Waals surface area contributed by atoms with E-state index in [1.54, 1.807) is 12.1 Å². The minimum atomic E-state index is -0.395. The molecule has 0 aliphatic heterocycles. The van der Waals surface area contributed by atoms with Crippen molar-refractivity contribution in [3.63, 3.8) is 0 Å². The number of rotatable bonds is 3. The summed E-state index contributed by atoms with van der Waals surface area (Å²) in [5.41, 5.74) is 6.89. The van der Waals surface area contributed by atoms with Crippen molar-refractivity contribution < 1.29 is 4.39 Å². The van der Waals surface area contributed by atoms with Crippen LogP contribution in [0.25, 0.3) is 0 Å². The Kier molecular flexibility index (Phi) is 3.93. The summed E-state index contributed by atoms with van der Waals surface area (Å²) in [6.45, 7) is 5.76. The SMILES string of the molecule is Cc1ccc(F)c(C(NN)c2ccc(C)nc2C)c1. The minimum Gasteiger partial charge on any atom is -0.271 e. The number of aryl methyl sites for hydroxylation is 3. The van der Waals surface area contributed by atoms with Gasteiger partial charge in [0.25, 0.3) is 0 Å². The van der Waals surface area contributed by atoms with Gasteiger partial charge in [0.05, 0.1) is 6.04 Å². The molecule has 0 fully saturated rings. The first-order chi connectivity index (χ1) is 9.02. The van der Waals surface area contributed by atoms with Gasteiger partial charge in [-0.3, -0.25) is 10.8 Å². The smallest absolute Gasteiger partial charge is 0.128 e. The molecule has 0 spiro atoms. The Morgan fingerprint density at radius 1 is 1.11 bits per heavy atom. The molecule has 19 heavy (non-hydrogen) atoms. The second-order valence-electron chi connectivity index (χ2n) is 4.75. The zero-order valence-corrected chi connectivity index (χ0v) is 11.4. The zero-order valence-electron chi connectivity index (χ0n) is 11.4. The van der Waals surface area contributed by atoms with Crippen molar-refractivity contribution in [2.24, 2.45) is 5.84 Å².